The Morgan fingerprint density at radius 1 is 1.16 bits per heavy atom. The number of rotatable bonds is 8. The molecule has 0 aliphatic carbocycles. The van der Waals surface area contributed by atoms with E-state index >= 15 is 0 Å². The molecule has 1 amide bonds. The molecular formula is C20H25NO3S. The van der Waals surface area contributed by atoms with Crippen molar-refractivity contribution in [2.75, 3.05) is 20.0 Å². The van der Waals surface area contributed by atoms with Crippen LogP contribution in [0.15, 0.2) is 42.5 Å². The molecule has 0 aliphatic rings. The summed E-state index contributed by atoms with van der Waals surface area (Å²) in [6.07, 6.45) is 0. The van der Waals surface area contributed by atoms with Crippen molar-refractivity contribution >= 4 is 17.7 Å². The summed E-state index contributed by atoms with van der Waals surface area (Å²) < 4.78 is 10.6. The van der Waals surface area contributed by atoms with E-state index in [1.807, 2.05) is 31.2 Å². The van der Waals surface area contributed by atoms with E-state index in [2.05, 4.69) is 30.4 Å². The Balaban J connectivity index is 1.89. The van der Waals surface area contributed by atoms with Gasteiger partial charge in [-0.1, -0.05) is 29.8 Å². The van der Waals surface area contributed by atoms with Gasteiger partial charge in [0.15, 0.2) is 0 Å². The summed E-state index contributed by atoms with van der Waals surface area (Å²) in [4.78, 5) is 12.2. The Labute approximate surface area is 153 Å². The van der Waals surface area contributed by atoms with Gasteiger partial charge in [-0.3, -0.25) is 4.79 Å². The molecule has 0 unspecified atom stereocenters. The van der Waals surface area contributed by atoms with Crippen molar-refractivity contribution in [1.82, 2.24) is 5.32 Å². The van der Waals surface area contributed by atoms with Crippen molar-refractivity contribution in [3.63, 3.8) is 0 Å². The summed E-state index contributed by atoms with van der Waals surface area (Å²) in [5, 5.41) is 3.02. The lowest BCUT2D eigenvalue weighted by Crippen LogP contribution is -2.28. The second kappa shape index (κ2) is 9.37. The zero-order valence-electron chi connectivity index (χ0n) is 15.2. The quantitative estimate of drug-likeness (QED) is 0.770. The number of nitrogens with one attached hydrogen (secondary N) is 1. The number of amides is 1. The van der Waals surface area contributed by atoms with Gasteiger partial charge in [0.25, 0.3) is 0 Å². The molecule has 2 aromatic carbocycles. The van der Waals surface area contributed by atoms with Gasteiger partial charge in [-0.25, -0.2) is 0 Å². The van der Waals surface area contributed by atoms with Gasteiger partial charge in [-0.05, 0) is 37.6 Å². The molecular weight excluding hydrogens is 334 g/mol. The minimum atomic E-state index is -0.155. The molecule has 1 atom stereocenters. The highest BCUT2D eigenvalue weighted by Crippen LogP contribution is 2.29. The first-order chi connectivity index (χ1) is 12.0. The highest BCUT2D eigenvalue weighted by Gasteiger charge is 2.15. The van der Waals surface area contributed by atoms with Crippen LogP contribution >= 0.6 is 11.8 Å². The van der Waals surface area contributed by atoms with Gasteiger partial charge < -0.3 is 14.8 Å². The highest BCUT2D eigenvalue weighted by molar-refractivity contribution is 7.99. The molecule has 0 bridgehead atoms. The molecule has 134 valence electrons. The van der Waals surface area contributed by atoms with E-state index in [4.69, 9.17) is 9.47 Å². The van der Waals surface area contributed by atoms with Gasteiger partial charge in [0.1, 0.15) is 11.5 Å². The van der Waals surface area contributed by atoms with Crippen LogP contribution in [0.2, 0.25) is 0 Å². The Morgan fingerprint density at radius 2 is 1.96 bits per heavy atom. The van der Waals surface area contributed by atoms with Crippen LogP contribution in [0.25, 0.3) is 0 Å². The van der Waals surface area contributed by atoms with Gasteiger partial charge in [-0.2, -0.15) is 0 Å². The maximum Gasteiger partial charge on any atom is 0.230 e. The molecule has 0 radical (unpaired) electrons. The summed E-state index contributed by atoms with van der Waals surface area (Å²) in [7, 11) is 3.24. The topological polar surface area (TPSA) is 47.6 Å². The summed E-state index contributed by atoms with van der Waals surface area (Å²) in [5.41, 5.74) is 3.38. The van der Waals surface area contributed by atoms with Gasteiger partial charge in [0.05, 0.1) is 26.0 Å². The molecule has 0 saturated heterocycles. The van der Waals surface area contributed by atoms with Crippen LogP contribution in [0.1, 0.15) is 29.7 Å². The van der Waals surface area contributed by atoms with E-state index < -0.39 is 0 Å². The number of hydrogen-bond acceptors (Lipinski definition) is 4. The smallest absolute Gasteiger partial charge is 0.230 e. The number of thioether (sulfide) groups is 1. The molecule has 1 N–H and O–H groups in total. The van der Waals surface area contributed by atoms with E-state index in [0.717, 1.165) is 22.8 Å². The van der Waals surface area contributed by atoms with Gasteiger partial charge in [0, 0.05) is 11.3 Å². The molecule has 5 heteroatoms. The zero-order chi connectivity index (χ0) is 18.2. The number of hydrogen-bond donors (Lipinski definition) is 1. The Bertz CT molecular complexity index is 718. The van der Waals surface area contributed by atoms with Gasteiger partial charge in [0.2, 0.25) is 5.91 Å². The molecule has 4 nitrogen and oxygen atoms in total. The third-order valence-electron chi connectivity index (χ3n) is 3.87. The molecule has 0 aliphatic heterocycles. The van der Waals surface area contributed by atoms with Gasteiger partial charge in [-0.15, -0.1) is 11.8 Å². The molecule has 0 fully saturated rings. The molecule has 0 saturated carbocycles. The molecule has 2 rings (SSSR count). The Morgan fingerprint density at radius 3 is 2.64 bits per heavy atom. The van der Waals surface area contributed by atoms with Crippen LogP contribution < -0.4 is 14.8 Å². The first-order valence-corrected chi connectivity index (χ1v) is 9.33. The van der Waals surface area contributed by atoms with E-state index in [1.54, 1.807) is 26.0 Å². The maximum absolute atomic E-state index is 12.2. The number of carbonyl (C=O) groups is 1. The molecule has 25 heavy (non-hydrogen) atoms. The fraction of sp³-hybridized carbons (Fsp3) is 0.350. The van der Waals surface area contributed by atoms with Crippen LogP contribution in [-0.2, 0) is 10.5 Å². The van der Waals surface area contributed by atoms with Crippen molar-refractivity contribution in [1.29, 1.82) is 0 Å². The molecule has 0 spiro atoms. The fourth-order valence-corrected chi connectivity index (χ4v) is 3.39. The summed E-state index contributed by atoms with van der Waals surface area (Å²) in [6, 6.07) is 13.8. The summed E-state index contributed by atoms with van der Waals surface area (Å²) in [5.74, 6) is 2.73. The number of methoxy groups -OCH3 is 2. The average molecular weight is 359 g/mol. The monoisotopic (exact) mass is 359 g/mol. The predicted octanol–water partition coefficient (Wildman–Crippen LogP) is 4.12. The molecule has 2 aromatic rings. The third-order valence-corrected chi connectivity index (χ3v) is 4.87. The first kappa shape index (κ1) is 19.2. The number of ether oxygens (including phenoxy) is 2. The summed E-state index contributed by atoms with van der Waals surface area (Å²) in [6.45, 7) is 4.02. The lowest BCUT2D eigenvalue weighted by molar-refractivity contribution is -0.119. The standard InChI is InChI=1S/C20H25NO3S/c1-14-6-5-7-16(10-14)12-25-13-20(22)21-15(2)18-11-17(23-3)8-9-19(18)24-4/h5-11,15H,12-13H2,1-4H3,(H,21,22)/t15-/m1/s1. The van der Waals surface area contributed by atoms with E-state index in [0.29, 0.717) is 5.75 Å². The zero-order valence-corrected chi connectivity index (χ0v) is 16.0. The van der Waals surface area contributed by atoms with Crippen LogP contribution in [0.5, 0.6) is 11.5 Å². The van der Waals surface area contributed by atoms with Crippen molar-refractivity contribution in [2.45, 2.75) is 25.6 Å². The summed E-state index contributed by atoms with van der Waals surface area (Å²) >= 11 is 1.61. The minimum Gasteiger partial charge on any atom is -0.497 e. The van der Waals surface area contributed by atoms with E-state index in [-0.39, 0.29) is 11.9 Å². The highest BCUT2D eigenvalue weighted by atomic mass is 32.2. The molecule has 0 aromatic heterocycles. The minimum absolute atomic E-state index is 0.00928. The third kappa shape index (κ3) is 5.71. The largest absolute Gasteiger partial charge is 0.497 e. The van der Waals surface area contributed by atoms with Crippen LogP contribution in [0.4, 0.5) is 0 Å². The predicted molar refractivity (Wildman–Crippen MR) is 103 cm³/mol. The lowest BCUT2D eigenvalue weighted by atomic mass is 10.1. The first-order valence-electron chi connectivity index (χ1n) is 8.18. The lowest BCUT2D eigenvalue weighted by Gasteiger charge is -2.18. The Hall–Kier alpha value is -2.14. The van der Waals surface area contributed by atoms with Crippen molar-refractivity contribution in [3.8, 4) is 11.5 Å². The van der Waals surface area contributed by atoms with Crippen LogP contribution in [0.3, 0.4) is 0 Å². The second-order valence-corrected chi connectivity index (χ2v) is 6.86. The van der Waals surface area contributed by atoms with Crippen molar-refractivity contribution in [3.05, 3.63) is 59.2 Å². The normalized spacial score (nSPS) is 11.7. The van der Waals surface area contributed by atoms with Crippen LogP contribution in [-0.4, -0.2) is 25.9 Å². The van der Waals surface area contributed by atoms with E-state index in [1.165, 1.54) is 11.1 Å². The number of carbonyl (C=O) groups excluding carboxylic acids is 1. The number of aryl methyl sites for hydroxylation is 1. The number of benzene rings is 2. The fourth-order valence-electron chi connectivity index (χ4n) is 2.60. The molecule has 0 heterocycles. The van der Waals surface area contributed by atoms with Crippen molar-refractivity contribution in [2.24, 2.45) is 0 Å². The SMILES string of the molecule is COc1ccc(OC)c([C@@H](C)NC(=O)CSCc2cccc(C)c2)c1. The van der Waals surface area contributed by atoms with Gasteiger partial charge >= 0.3 is 0 Å². The second-order valence-electron chi connectivity index (χ2n) is 5.88. The Kier molecular flexibility index (Phi) is 7.19. The maximum atomic E-state index is 12.2. The van der Waals surface area contributed by atoms with Crippen molar-refractivity contribution < 1.29 is 14.3 Å². The average Bonchev–Trinajstić information content (AvgIpc) is 2.61. The van der Waals surface area contributed by atoms with E-state index in [9.17, 15) is 4.79 Å². The van der Waals surface area contributed by atoms with Crippen LogP contribution in [0, 0.1) is 6.92 Å².